The standard InChI is InChI=1S/C15H13Cl2NO2/c1-19-12-7-8-13(14(9-12)20-2)15(17)18-11-5-3-10(16)4-6-11/h3-9H,1-2H3. The molecule has 20 heavy (non-hydrogen) atoms. The minimum atomic E-state index is 0.340. The molecule has 2 aromatic rings. The molecule has 2 rings (SSSR count). The van der Waals surface area contributed by atoms with Crippen molar-refractivity contribution in [1.29, 1.82) is 0 Å². The van der Waals surface area contributed by atoms with Crippen LogP contribution < -0.4 is 9.47 Å². The molecule has 0 N–H and O–H groups in total. The van der Waals surface area contributed by atoms with Crippen LogP contribution in [0.3, 0.4) is 0 Å². The van der Waals surface area contributed by atoms with E-state index in [9.17, 15) is 0 Å². The van der Waals surface area contributed by atoms with Gasteiger partial charge in [0.1, 0.15) is 16.7 Å². The molecule has 0 fully saturated rings. The van der Waals surface area contributed by atoms with Gasteiger partial charge >= 0.3 is 0 Å². The van der Waals surface area contributed by atoms with Crippen molar-refractivity contribution in [2.75, 3.05) is 14.2 Å². The van der Waals surface area contributed by atoms with Gasteiger partial charge < -0.3 is 9.47 Å². The second kappa shape index (κ2) is 6.64. The fourth-order valence-electron chi connectivity index (χ4n) is 1.66. The number of methoxy groups -OCH3 is 2. The van der Waals surface area contributed by atoms with Crippen molar-refractivity contribution in [2.24, 2.45) is 4.99 Å². The molecule has 0 saturated heterocycles. The van der Waals surface area contributed by atoms with Gasteiger partial charge in [-0.05, 0) is 36.4 Å². The van der Waals surface area contributed by atoms with Gasteiger partial charge in [-0.15, -0.1) is 0 Å². The van der Waals surface area contributed by atoms with E-state index in [-0.39, 0.29) is 0 Å². The second-order valence-electron chi connectivity index (χ2n) is 3.95. The molecule has 0 aromatic heterocycles. The Balaban J connectivity index is 2.37. The molecule has 0 spiro atoms. The van der Waals surface area contributed by atoms with Crippen LogP contribution in [-0.4, -0.2) is 19.4 Å². The molecule has 3 nitrogen and oxygen atoms in total. The van der Waals surface area contributed by atoms with Gasteiger partial charge in [-0.25, -0.2) is 4.99 Å². The monoisotopic (exact) mass is 309 g/mol. The average Bonchev–Trinajstić information content (AvgIpc) is 2.48. The smallest absolute Gasteiger partial charge is 0.140 e. The lowest BCUT2D eigenvalue weighted by Gasteiger charge is -2.09. The minimum Gasteiger partial charge on any atom is -0.497 e. The van der Waals surface area contributed by atoms with Crippen molar-refractivity contribution in [3.05, 3.63) is 53.1 Å². The van der Waals surface area contributed by atoms with Crippen LogP contribution in [0.5, 0.6) is 11.5 Å². The van der Waals surface area contributed by atoms with Crippen molar-refractivity contribution in [2.45, 2.75) is 0 Å². The first-order valence-corrected chi connectivity index (χ1v) is 6.62. The highest BCUT2D eigenvalue weighted by atomic mass is 35.5. The van der Waals surface area contributed by atoms with Gasteiger partial charge in [0, 0.05) is 11.1 Å². The van der Waals surface area contributed by atoms with E-state index in [4.69, 9.17) is 32.7 Å². The lowest BCUT2D eigenvalue weighted by molar-refractivity contribution is 0.394. The highest BCUT2D eigenvalue weighted by Crippen LogP contribution is 2.28. The highest BCUT2D eigenvalue weighted by Gasteiger charge is 2.09. The van der Waals surface area contributed by atoms with Crippen LogP contribution in [0.15, 0.2) is 47.5 Å². The van der Waals surface area contributed by atoms with Gasteiger partial charge in [-0.1, -0.05) is 23.2 Å². The zero-order valence-electron chi connectivity index (χ0n) is 11.1. The first kappa shape index (κ1) is 14.7. The fourth-order valence-corrected chi connectivity index (χ4v) is 2.04. The molecule has 2 aromatic carbocycles. The molecule has 104 valence electrons. The van der Waals surface area contributed by atoms with E-state index in [1.165, 1.54) is 0 Å². The fraction of sp³-hybridized carbons (Fsp3) is 0.133. The molecular formula is C15H13Cl2NO2. The summed E-state index contributed by atoms with van der Waals surface area (Å²) in [7, 11) is 3.17. The third-order valence-electron chi connectivity index (χ3n) is 2.68. The number of hydrogen-bond acceptors (Lipinski definition) is 3. The van der Waals surface area contributed by atoms with Crippen molar-refractivity contribution < 1.29 is 9.47 Å². The zero-order chi connectivity index (χ0) is 14.5. The Morgan fingerprint density at radius 1 is 1.00 bits per heavy atom. The molecule has 0 saturated carbocycles. The first-order valence-electron chi connectivity index (χ1n) is 5.86. The van der Waals surface area contributed by atoms with Crippen LogP contribution in [0.1, 0.15) is 5.56 Å². The molecule has 0 atom stereocenters. The maximum Gasteiger partial charge on any atom is 0.140 e. The lowest BCUT2D eigenvalue weighted by Crippen LogP contribution is -1.97. The Hall–Kier alpha value is -1.71. The predicted molar refractivity (Wildman–Crippen MR) is 83.0 cm³/mol. The molecule has 5 heteroatoms. The highest BCUT2D eigenvalue weighted by molar-refractivity contribution is 6.70. The Labute approximate surface area is 127 Å². The third kappa shape index (κ3) is 3.44. The second-order valence-corrected chi connectivity index (χ2v) is 4.74. The lowest BCUT2D eigenvalue weighted by atomic mass is 10.2. The van der Waals surface area contributed by atoms with Gasteiger partial charge in [-0.3, -0.25) is 0 Å². The summed E-state index contributed by atoms with van der Waals surface area (Å²) in [5.41, 5.74) is 1.42. The number of benzene rings is 2. The normalized spacial score (nSPS) is 11.3. The summed E-state index contributed by atoms with van der Waals surface area (Å²) in [6.07, 6.45) is 0. The zero-order valence-corrected chi connectivity index (χ0v) is 12.6. The Morgan fingerprint density at radius 2 is 1.70 bits per heavy atom. The van der Waals surface area contributed by atoms with Gasteiger partial charge in [0.05, 0.1) is 25.5 Å². The van der Waals surface area contributed by atoms with Crippen LogP contribution in [0.2, 0.25) is 5.02 Å². The molecule has 0 radical (unpaired) electrons. The largest absolute Gasteiger partial charge is 0.497 e. The Morgan fingerprint density at radius 3 is 2.30 bits per heavy atom. The van der Waals surface area contributed by atoms with Gasteiger partial charge in [-0.2, -0.15) is 0 Å². The van der Waals surface area contributed by atoms with E-state index < -0.39 is 0 Å². The number of halogens is 2. The SMILES string of the molecule is COc1ccc(C(Cl)=Nc2ccc(Cl)cc2)c(OC)c1. The summed E-state index contributed by atoms with van der Waals surface area (Å²) >= 11 is 12.1. The molecular weight excluding hydrogens is 297 g/mol. The van der Waals surface area contributed by atoms with E-state index in [2.05, 4.69) is 4.99 Å². The maximum absolute atomic E-state index is 6.26. The van der Waals surface area contributed by atoms with E-state index in [1.54, 1.807) is 56.7 Å². The topological polar surface area (TPSA) is 30.8 Å². The summed E-state index contributed by atoms with van der Waals surface area (Å²) in [5.74, 6) is 1.30. The van der Waals surface area contributed by atoms with Crippen molar-refractivity contribution in [1.82, 2.24) is 0 Å². The molecule has 0 heterocycles. The van der Waals surface area contributed by atoms with Gasteiger partial charge in [0.15, 0.2) is 0 Å². The minimum absolute atomic E-state index is 0.340. The number of rotatable bonds is 4. The average molecular weight is 310 g/mol. The summed E-state index contributed by atoms with van der Waals surface area (Å²) in [4.78, 5) is 4.34. The molecule has 0 bridgehead atoms. The van der Waals surface area contributed by atoms with Crippen molar-refractivity contribution in [3.8, 4) is 11.5 Å². The molecule has 0 aliphatic carbocycles. The van der Waals surface area contributed by atoms with E-state index in [0.717, 1.165) is 5.69 Å². The maximum atomic E-state index is 6.26. The van der Waals surface area contributed by atoms with E-state index in [0.29, 0.717) is 27.3 Å². The van der Waals surface area contributed by atoms with Gasteiger partial charge in [0.2, 0.25) is 0 Å². The number of ether oxygens (including phenoxy) is 2. The van der Waals surface area contributed by atoms with Crippen molar-refractivity contribution >= 4 is 34.1 Å². The number of hydrogen-bond donors (Lipinski definition) is 0. The molecule has 0 aliphatic rings. The van der Waals surface area contributed by atoms with Crippen LogP contribution in [0.25, 0.3) is 0 Å². The number of aliphatic imine (C=N–C) groups is 1. The summed E-state index contributed by atoms with van der Waals surface area (Å²) in [6, 6.07) is 12.5. The Bertz CT molecular complexity index is 624. The summed E-state index contributed by atoms with van der Waals surface area (Å²) in [5, 5.41) is 0.994. The van der Waals surface area contributed by atoms with Crippen LogP contribution in [0, 0.1) is 0 Å². The van der Waals surface area contributed by atoms with Crippen LogP contribution in [0.4, 0.5) is 5.69 Å². The van der Waals surface area contributed by atoms with Crippen molar-refractivity contribution in [3.63, 3.8) is 0 Å². The third-order valence-corrected chi connectivity index (χ3v) is 3.22. The summed E-state index contributed by atoms with van der Waals surface area (Å²) in [6.45, 7) is 0. The summed E-state index contributed by atoms with van der Waals surface area (Å²) < 4.78 is 10.4. The van der Waals surface area contributed by atoms with E-state index >= 15 is 0 Å². The molecule has 0 aliphatic heterocycles. The Kier molecular flexibility index (Phi) is 4.88. The quantitative estimate of drug-likeness (QED) is 0.768. The molecule has 0 amide bonds. The first-order chi connectivity index (χ1) is 9.63. The van der Waals surface area contributed by atoms with E-state index in [1.807, 2.05) is 0 Å². The van der Waals surface area contributed by atoms with Gasteiger partial charge in [0.25, 0.3) is 0 Å². The predicted octanol–water partition coefficient (Wildman–Crippen LogP) is 4.67. The van der Waals surface area contributed by atoms with Crippen LogP contribution >= 0.6 is 23.2 Å². The number of nitrogens with zero attached hydrogens (tertiary/aromatic N) is 1. The van der Waals surface area contributed by atoms with Crippen LogP contribution in [-0.2, 0) is 0 Å². The molecule has 0 unspecified atom stereocenters.